The van der Waals surface area contributed by atoms with Crippen molar-refractivity contribution in [3.63, 3.8) is 0 Å². The molecular weight excluding hydrogens is 555 g/mol. The third kappa shape index (κ3) is 5.03. The van der Waals surface area contributed by atoms with Crippen molar-refractivity contribution in [1.29, 1.82) is 0 Å². The maximum absolute atomic E-state index is 4.34. The summed E-state index contributed by atoms with van der Waals surface area (Å²) >= 11 is 0. The first kappa shape index (κ1) is 30.9. The molecule has 6 rings (SSSR count). The topological polar surface area (TPSA) is 48.1 Å². The van der Waals surface area contributed by atoms with Gasteiger partial charge in [-0.2, -0.15) is 0 Å². The Kier molecular flexibility index (Phi) is 8.22. The van der Waals surface area contributed by atoms with Crippen molar-refractivity contribution in [3.8, 4) is 0 Å². The van der Waals surface area contributed by atoms with E-state index < -0.39 is 18.9 Å². The fourth-order valence-electron chi connectivity index (χ4n) is 7.18. The minimum atomic E-state index is -2.41. The molecular formula is C36H44ClN4P. The lowest BCUT2D eigenvalue weighted by Crippen LogP contribution is -3.00. The molecule has 4 aromatic rings. The summed E-state index contributed by atoms with van der Waals surface area (Å²) in [7, 11) is -2.41. The Morgan fingerprint density at radius 3 is 0.905 bits per heavy atom. The van der Waals surface area contributed by atoms with Crippen molar-refractivity contribution < 1.29 is 12.4 Å². The molecule has 2 fully saturated rings. The number of hydrogen-bond acceptors (Lipinski definition) is 4. The maximum atomic E-state index is 4.34. The second kappa shape index (κ2) is 11.2. The summed E-state index contributed by atoms with van der Waals surface area (Å²) in [4.78, 5) is 0. The Balaban J connectivity index is 0.00000353. The Hall–Kier alpha value is -2.56. The van der Waals surface area contributed by atoms with Gasteiger partial charge in [-0.3, -0.25) is 0 Å². The standard InChI is InChI=1S/C36H44N4P.ClH/c1-33(2,3)31-35(27-19-11-7-12-20-27,28-21-13-8-14-22-28)39-41(37-31)38-32(34(4,5)6)36(40-41,29-23-15-9-16-24-29)30-25-17-10-18-26-30;/h7-26,31-32,37-40H,1-6H3;1H/q+1;/p-1/t31-,32+,41?;. The van der Waals surface area contributed by atoms with Crippen LogP contribution in [0.4, 0.5) is 0 Å². The molecule has 42 heavy (non-hydrogen) atoms. The van der Waals surface area contributed by atoms with Gasteiger partial charge in [0.05, 0.1) is 12.1 Å². The van der Waals surface area contributed by atoms with Crippen molar-refractivity contribution in [2.24, 2.45) is 10.8 Å². The highest BCUT2D eigenvalue weighted by atomic mass is 35.5. The van der Waals surface area contributed by atoms with E-state index in [4.69, 9.17) is 0 Å². The van der Waals surface area contributed by atoms with Crippen molar-refractivity contribution in [2.75, 3.05) is 0 Å². The van der Waals surface area contributed by atoms with Gasteiger partial charge in [0.1, 0.15) is 11.1 Å². The van der Waals surface area contributed by atoms with Crippen molar-refractivity contribution >= 4 is 7.87 Å². The number of nitrogens with one attached hydrogen (secondary N) is 4. The Labute approximate surface area is 259 Å². The van der Waals surface area contributed by atoms with Crippen LogP contribution >= 0.6 is 7.87 Å². The van der Waals surface area contributed by atoms with Crippen LogP contribution in [0.15, 0.2) is 121 Å². The summed E-state index contributed by atoms with van der Waals surface area (Å²) < 4.78 is 0. The van der Waals surface area contributed by atoms with Gasteiger partial charge in [-0.1, -0.05) is 163 Å². The molecule has 0 aliphatic carbocycles. The fourth-order valence-corrected chi connectivity index (χ4v) is 11.3. The average Bonchev–Trinajstić information content (AvgIpc) is 3.52. The molecule has 0 aromatic heterocycles. The molecule has 3 atom stereocenters. The van der Waals surface area contributed by atoms with Crippen LogP contribution in [0.5, 0.6) is 0 Å². The lowest BCUT2D eigenvalue weighted by molar-refractivity contribution is -0.00000998. The molecule has 1 spiro atoms. The van der Waals surface area contributed by atoms with Crippen LogP contribution in [0.3, 0.4) is 0 Å². The zero-order chi connectivity index (χ0) is 28.9. The highest BCUT2D eigenvalue weighted by Crippen LogP contribution is 2.66. The lowest BCUT2D eigenvalue weighted by Gasteiger charge is -2.39. The molecule has 220 valence electrons. The van der Waals surface area contributed by atoms with Crippen LogP contribution in [0.1, 0.15) is 63.8 Å². The van der Waals surface area contributed by atoms with Gasteiger partial charge in [-0.25, -0.2) is 0 Å². The summed E-state index contributed by atoms with van der Waals surface area (Å²) in [6.07, 6.45) is 0. The van der Waals surface area contributed by atoms with Gasteiger partial charge in [-0.05, 0) is 33.1 Å². The smallest absolute Gasteiger partial charge is 0.301 e. The van der Waals surface area contributed by atoms with Gasteiger partial charge in [0.2, 0.25) is 0 Å². The van der Waals surface area contributed by atoms with E-state index in [9.17, 15) is 0 Å². The van der Waals surface area contributed by atoms with Gasteiger partial charge >= 0.3 is 7.87 Å². The second-order valence-corrected chi connectivity index (χ2v) is 16.1. The third-order valence-electron chi connectivity index (χ3n) is 8.85. The molecule has 2 saturated heterocycles. The monoisotopic (exact) mass is 598 g/mol. The normalized spacial score (nSPS) is 22.5. The van der Waals surface area contributed by atoms with E-state index in [1.165, 1.54) is 22.3 Å². The molecule has 4 nitrogen and oxygen atoms in total. The zero-order valence-corrected chi connectivity index (χ0v) is 27.2. The van der Waals surface area contributed by atoms with Crippen LogP contribution in [0.25, 0.3) is 0 Å². The number of rotatable bonds is 4. The average molecular weight is 599 g/mol. The number of benzene rings is 4. The van der Waals surface area contributed by atoms with Crippen molar-refractivity contribution in [2.45, 2.75) is 64.7 Å². The summed E-state index contributed by atoms with van der Waals surface area (Å²) in [5.41, 5.74) is 4.03. The van der Waals surface area contributed by atoms with E-state index in [-0.39, 0.29) is 35.3 Å². The van der Waals surface area contributed by atoms with Crippen LogP contribution in [0.2, 0.25) is 0 Å². The van der Waals surface area contributed by atoms with E-state index in [2.05, 4.69) is 183 Å². The molecule has 4 N–H and O–H groups in total. The second-order valence-electron chi connectivity index (χ2n) is 13.8. The quantitative estimate of drug-likeness (QED) is 0.256. The van der Waals surface area contributed by atoms with Gasteiger partial charge in [0.15, 0.2) is 0 Å². The number of halogens is 1. The first-order valence-electron chi connectivity index (χ1n) is 14.8. The lowest BCUT2D eigenvalue weighted by atomic mass is 9.68. The van der Waals surface area contributed by atoms with Crippen LogP contribution < -0.4 is 32.8 Å². The van der Waals surface area contributed by atoms with Crippen molar-refractivity contribution in [3.05, 3.63) is 144 Å². The van der Waals surface area contributed by atoms with E-state index in [1.807, 2.05) is 0 Å². The predicted octanol–water partition coefficient (Wildman–Crippen LogP) is 4.77. The van der Waals surface area contributed by atoms with Crippen LogP contribution in [0, 0.1) is 10.8 Å². The molecule has 0 amide bonds. The molecule has 2 aliphatic rings. The van der Waals surface area contributed by atoms with Gasteiger partial charge in [0.25, 0.3) is 0 Å². The highest BCUT2D eigenvalue weighted by Gasteiger charge is 2.73. The zero-order valence-electron chi connectivity index (χ0n) is 25.5. The minimum Gasteiger partial charge on any atom is -1.00 e. The predicted molar refractivity (Wildman–Crippen MR) is 173 cm³/mol. The molecule has 2 aliphatic heterocycles. The summed E-state index contributed by atoms with van der Waals surface area (Å²) in [6, 6.07) is 44.2. The van der Waals surface area contributed by atoms with Crippen molar-refractivity contribution in [1.82, 2.24) is 20.3 Å². The Morgan fingerprint density at radius 2 is 0.690 bits per heavy atom. The largest absolute Gasteiger partial charge is 1.00 e. The van der Waals surface area contributed by atoms with Crippen LogP contribution in [-0.2, 0) is 11.1 Å². The molecule has 0 radical (unpaired) electrons. The molecule has 6 heteroatoms. The first-order chi connectivity index (χ1) is 19.5. The molecule has 0 saturated carbocycles. The molecule has 0 bridgehead atoms. The summed E-state index contributed by atoms with van der Waals surface area (Å²) in [6.45, 7) is 14.1. The van der Waals surface area contributed by atoms with Gasteiger partial charge in [0, 0.05) is 0 Å². The van der Waals surface area contributed by atoms with Gasteiger partial charge < -0.3 is 12.4 Å². The maximum Gasteiger partial charge on any atom is 0.301 e. The molecule has 4 aromatic carbocycles. The first-order valence-corrected chi connectivity index (χ1v) is 16.6. The van der Waals surface area contributed by atoms with E-state index >= 15 is 0 Å². The van der Waals surface area contributed by atoms with E-state index in [0.717, 1.165) is 0 Å². The van der Waals surface area contributed by atoms with Gasteiger partial charge in [-0.15, -0.1) is 20.3 Å². The summed E-state index contributed by atoms with van der Waals surface area (Å²) in [5, 5.41) is 17.2. The van der Waals surface area contributed by atoms with Crippen LogP contribution in [-0.4, -0.2) is 12.1 Å². The summed E-state index contributed by atoms with van der Waals surface area (Å²) in [5.74, 6) is 0. The Bertz CT molecular complexity index is 1270. The molecule has 1 unspecified atom stereocenters. The minimum absolute atomic E-state index is 0. The van der Waals surface area contributed by atoms with E-state index in [0.29, 0.717) is 0 Å². The SMILES string of the molecule is CC(C)(C)[C@H]1N[P+]2(N[C@@H](C(C)(C)C)C(c3ccccc3)(c3ccccc3)N2)NC1(c1ccccc1)c1ccccc1.[Cl-]. The molecule has 2 heterocycles. The van der Waals surface area contributed by atoms with E-state index in [1.54, 1.807) is 0 Å². The highest BCUT2D eigenvalue weighted by molar-refractivity contribution is 7.69. The number of hydrogen-bond donors (Lipinski definition) is 4. The Morgan fingerprint density at radius 1 is 0.452 bits per heavy atom. The fraction of sp³-hybridized carbons (Fsp3) is 0.333. The third-order valence-corrected chi connectivity index (χ3v) is 11.5.